The van der Waals surface area contributed by atoms with Crippen LogP contribution in [-0.4, -0.2) is 53.7 Å². The van der Waals surface area contributed by atoms with Crippen LogP contribution in [0.15, 0.2) is 61.1 Å². The minimum atomic E-state index is -3.44. The van der Waals surface area contributed by atoms with Gasteiger partial charge >= 0.3 is 12.2 Å². The summed E-state index contributed by atoms with van der Waals surface area (Å²) in [5.74, 6) is -8.57. The molecule has 5 rings (SSSR count). The van der Waals surface area contributed by atoms with Gasteiger partial charge < -0.3 is 9.47 Å². The summed E-state index contributed by atoms with van der Waals surface area (Å²) in [6.45, 7) is 10.1. The first-order chi connectivity index (χ1) is 23.1. The molecule has 1 atom stereocenters. The number of fused-ring (bicyclic) bond motifs is 1. The Morgan fingerprint density at radius 1 is 0.800 bits per heavy atom. The van der Waals surface area contributed by atoms with Gasteiger partial charge in [0.25, 0.3) is 11.9 Å². The summed E-state index contributed by atoms with van der Waals surface area (Å²) >= 11 is 0. The van der Waals surface area contributed by atoms with Crippen LogP contribution in [-0.2, 0) is 9.47 Å². The Balaban J connectivity index is 1.56. The smallest absolute Gasteiger partial charge is 0.427 e. The Morgan fingerprint density at radius 3 is 1.90 bits per heavy atom. The van der Waals surface area contributed by atoms with Gasteiger partial charge in [0.1, 0.15) is 40.5 Å². The quantitative estimate of drug-likeness (QED) is 0.163. The zero-order valence-corrected chi connectivity index (χ0v) is 27.9. The number of nitrogens with zero attached hydrogens (tertiary/aromatic N) is 6. The van der Waals surface area contributed by atoms with Crippen LogP contribution in [0.4, 0.5) is 41.9 Å². The molecule has 0 fully saturated rings. The summed E-state index contributed by atoms with van der Waals surface area (Å²) in [5.41, 5.74) is -4.03. The summed E-state index contributed by atoms with van der Waals surface area (Å²) in [4.78, 5) is 30.8. The zero-order chi connectivity index (χ0) is 36.9. The molecule has 10 nitrogen and oxygen atoms in total. The third kappa shape index (κ3) is 7.58. The van der Waals surface area contributed by atoms with Crippen molar-refractivity contribution in [3.8, 4) is 22.3 Å². The van der Waals surface area contributed by atoms with Crippen molar-refractivity contribution < 1.29 is 45.4 Å². The van der Waals surface area contributed by atoms with E-state index in [1.165, 1.54) is 18.3 Å². The van der Waals surface area contributed by atoms with E-state index in [1.807, 2.05) is 0 Å². The number of ether oxygens (including phenoxy) is 2. The summed E-state index contributed by atoms with van der Waals surface area (Å²) in [6.07, 6.45) is 0.865. The van der Waals surface area contributed by atoms with Crippen molar-refractivity contribution in [2.75, 3.05) is 4.90 Å². The average Bonchev–Trinajstić information content (AvgIpc) is 3.58. The van der Waals surface area contributed by atoms with E-state index < -0.39 is 75.7 Å². The van der Waals surface area contributed by atoms with Gasteiger partial charge in [0, 0.05) is 30.9 Å². The maximum Gasteiger partial charge on any atom is 0.427 e. The number of benzene rings is 2. The maximum atomic E-state index is 16.2. The average molecular weight is 703 g/mol. The number of pyridine rings is 1. The normalized spacial score (nSPS) is 13.0. The van der Waals surface area contributed by atoms with Crippen molar-refractivity contribution in [3.63, 3.8) is 0 Å². The molecule has 50 heavy (non-hydrogen) atoms. The number of hydrogen-bond donors (Lipinski definition) is 0. The van der Waals surface area contributed by atoms with E-state index in [-0.39, 0.29) is 22.3 Å². The minimum Gasteiger partial charge on any atom is -0.443 e. The summed E-state index contributed by atoms with van der Waals surface area (Å²) < 4.78 is 102. The lowest BCUT2D eigenvalue weighted by atomic mass is 9.98. The van der Waals surface area contributed by atoms with Crippen LogP contribution in [0.2, 0.25) is 0 Å². The van der Waals surface area contributed by atoms with Crippen LogP contribution in [0.25, 0.3) is 27.9 Å². The Bertz CT molecular complexity index is 2050. The molecule has 3 aromatic heterocycles. The lowest BCUT2D eigenvalue weighted by Gasteiger charge is -2.26. The number of alkyl halides is 2. The van der Waals surface area contributed by atoms with Crippen LogP contribution in [0.5, 0.6) is 0 Å². The van der Waals surface area contributed by atoms with Crippen LogP contribution < -0.4 is 4.90 Å². The molecule has 1 unspecified atom stereocenters. The van der Waals surface area contributed by atoms with Crippen LogP contribution in [0.3, 0.4) is 0 Å². The van der Waals surface area contributed by atoms with Crippen LogP contribution in [0.1, 0.15) is 60.1 Å². The molecule has 0 aliphatic heterocycles. The first kappa shape index (κ1) is 35.9. The summed E-state index contributed by atoms with van der Waals surface area (Å²) in [7, 11) is 0. The van der Waals surface area contributed by atoms with Gasteiger partial charge in [-0.3, -0.25) is 4.68 Å². The second-order valence-electron chi connectivity index (χ2n) is 13.4. The number of rotatable bonds is 6. The molecule has 0 saturated heterocycles. The Morgan fingerprint density at radius 2 is 1.36 bits per heavy atom. The van der Waals surface area contributed by atoms with E-state index in [0.29, 0.717) is 17.9 Å². The highest BCUT2D eigenvalue weighted by Gasteiger charge is 2.39. The van der Waals surface area contributed by atoms with E-state index >= 15 is 13.2 Å². The van der Waals surface area contributed by atoms with Gasteiger partial charge in [0.15, 0.2) is 5.65 Å². The summed E-state index contributed by atoms with van der Waals surface area (Å²) in [6, 6.07) is 5.33. The lowest BCUT2D eigenvalue weighted by molar-refractivity contribution is -0.0217. The zero-order valence-electron chi connectivity index (χ0n) is 27.9. The second-order valence-corrected chi connectivity index (χ2v) is 13.4. The van der Waals surface area contributed by atoms with E-state index in [4.69, 9.17) is 9.47 Å². The molecule has 2 amide bonds. The SMILES string of the molecule is CC(C)(C)OC(=O)N(C(=O)OC(C)(C)C)c1nc2cc(-c3c(F)cc(F)c(-c4cnn(C(c5ccc(F)cc5)C(C)(F)F)c4)c3F)ccn2n1. The molecule has 0 spiro atoms. The van der Waals surface area contributed by atoms with Gasteiger partial charge in [-0.2, -0.15) is 10.1 Å². The molecule has 0 aliphatic carbocycles. The minimum absolute atomic E-state index is 0.0211. The van der Waals surface area contributed by atoms with Gasteiger partial charge in [-0.15, -0.1) is 10.00 Å². The van der Waals surface area contributed by atoms with Gasteiger partial charge in [-0.25, -0.2) is 40.4 Å². The standard InChI is InChI=1S/C34H32F6N6O4/c1-32(2,3)49-30(47)46(31(48)50-33(4,5)6)29-42-24-14-19(12-13-44(24)43-29)25-22(36)15-23(37)26(27(25)38)20-16-41-45(17-20)28(34(7,39)40)18-8-10-21(35)11-9-18/h8-17,28H,1-7H3. The van der Waals surface area contributed by atoms with Gasteiger partial charge in [-0.05, 0) is 76.9 Å². The number of aromatic nitrogens is 5. The fraction of sp³-hybridized carbons (Fsp3) is 0.324. The Kier molecular flexibility index (Phi) is 9.19. The largest absolute Gasteiger partial charge is 0.443 e. The number of halogens is 6. The molecule has 264 valence electrons. The Hall–Kier alpha value is -5.41. The van der Waals surface area contributed by atoms with Gasteiger partial charge in [-0.1, -0.05) is 12.1 Å². The van der Waals surface area contributed by atoms with Gasteiger partial charge in [0.2, 0.25) is 0 Å². The van der Waals surface area contributed by atoms with Gasteiger partial charge in [0.05, 0.1) is 17.3 Å². The van der Waals surface area contributed by atoms with Crippen LogP contribution in [0, 0.1) is 23.3 Å². The molecule has 16 heteroatoms. The fourth-order valence-electron chi connectivity index (χ4n) is 5.02. The Labute approximate surface area is 282 Å². The third-order valence-corrected chi connectivity index (χ3v) is 6.96. The molecule has 2 aromatic carbocycles. The van der Waals surface area contributed by atoms with Crippen molar-refractivity contribution in [2.24, 2.45) is 0 Å². The number of carbonyl (C=O) groups excluding carboxylic acids is 2. The molecular formula is C34H32F6N6O4. The van der Waals surface area contributed by atoms with Crippen molar-refractivity contribution >= 4 is 23.8 Å². The highest BCUT2D eigenvalue weighted by atomic mass is 19.3. The second kappa shape index (κ2) is 12.8. The summed E-state index contributed by atoms with van der Waals surface area (Å²) in [5, 5.41) is 8.04. The third-order valence-electron chi connectivity index (χ3n) is 6.96. The monoisotopic (exact) mass is 702 g/mol. The highest BCUT2D eigenvalue weighted by Crippen LogP contribution is 2.39. The molecular weight excluding hydrogens is 670 g/mol. The highest BCUT2D eigenvalue weighted by molar-refractivity contribution is 6.08. The first-order valence-corrected chi connectivity index (χ1v) is 15.1. The fourth-order valence-corrected chi connectivity index (χ4v) is 5.02. The predicted octanol–water partition coefficient (Wildman–Crippen LogP) is 8.74. The lowest BCUT2D eigenvalue weighted by Crippen LogP contribution is -2.44. The molecule has 0 N–H and O–H groups in total. The van der Waals surface area contributed by atoms with Crippen molar-refractivity contribution in [1.29, 1.82) is 0 Å². The van der Waals surface area contributed by atoms with E-state index in [9.17, 15) is 22.8 Å². The first-order valence-electron chi connectivity index (χ1n) is 15.1. The number of imide groups is 1. The number of amides is 2. The molecule has 0 bridgehead atoms. The van der Waals surface area contributed by atoms with E-state index in [1.54, 1.807) is 41.5 Å². The molecule has 0 aliphatic rings. The van der Waals surface area contributed by atoms with Crippen molar-refractivity contribution in [2.45, 2.75) is 71.6 Å². The van der Waals surface area contributed by atoms with Crippen molar-refractivity contribution in [3.05, 3.63) is 89.9 Å². The van der Waals surface area contributed by atoms with Crippen LogP contribution >= 0.6 is 0 Å². The molecule has 5 aromatic rings. The van der Waals surface area contributed by atoms with E-state index in [2.05, 4.69) is 15.2 Å². The maximum absolute atomic E-state index is 16.2. The topological polar surface area (TPSA) is 104 Å². The number of hydrogen-bond acceptors (Lipinski definition) is 7. The molecule has 0 saturated carbocycles. The molecule has 0 radical (unpaired) electrons. The number of anilines is 1. The van der Waals surface area contributed by atoms with E-state index in [0.717, 1.165) is 45.9 Å². The van der Waals surface area contributed by atoms with Crippen molar-refractivity contribution in [1.82, 2.24) is 24.4 Å². The number of carbonyl (C=O) groups is 2. The molecule has 3 heterocycles. The predicted molar refractivity (Wildman–Crippen MR) is 170 cm³/mol.